The topological polar surface area (TPSA) is 140 Å². The minimum atomic E-state index is -4.80. The molecule has 3 N–H and O–H groups in total. The van der Waals surface area contributed by atoms with Crippen LogP contribution in [0.3, 0.4) is 0 Å². The number of hydrogen-bond donors (Lipinski definition) is 3. The smallest absolute Gasteiger partial charge is 0.462 e. The predicted molar refractivity (Wildman–Crippen MR) is 226 cm³/mol. The zero-order chi connectivity index (χ0) is 40.5. The summed E-state index contributed by atoms with van der Waals surface area (Å²) in [7, 11) is -4.80. The summed E-state index contributed by atoms with van der Waals surface area (Å²) in [5.74, 6) is -1.04. The summed E-state index contributed by atoms with van der Waals surface area (Å²) >= 11 is 0. The molecule has 0 radical (unpaired) electrons. The molecule has 0 unspecified atom stereocenters. The van der Waals surface area contributed by atoms with E-state index in [4.69, 9.17) is 19.3 Å². The maximum absolute atomic E-state index is 12.4. The van der Waals surface area contributed by atoms with Gasteiger partial charge in [-0.05, 0) is 89.9 Å². The number of rotatable bonds is 36. The van der Waals surface area contributed by atoms with Gasteiger partial charge in [-0.3, -0.25) is 14.1 Å². The first-order chi connectivity index (χ1) is 26.7. The Bertz CT molecular complexity index is 1220. The molecule has 2 atom stereocenters. The Morgan fingerprint density at radius 1 is 0.564 bits per heavy atom. The summed E-state index contributed by atoms with van der Waals surface area (Å²) < 4.78 is 26.3. The predicted octanol–water partition coefficient (Wildman–Crippen LogP) is 11.6. The van der Waals surface area contributed by atoms with Crippen LogP contribution in [0, 0.1) is 0 Å². The van der Waals surface area contributed by atoms with Crippen molar-refractivity contribution in [3.63, 3.8) is 0 Å². The highest BCUT2D eigenvalue weighted by molar-refractivity contribution is 7.46. The first-order valence-electron chi connectivity index (χ1n) is 20.6. The SMILES string of the molecule is CCCCC/C=C\C=C/[C@@H](O)C/C=C\C/C=C/CCCC(=O)OC[C@H](COP(=O)(O)O)OC(=O)CCCCC/C=C\C/C=C\C/C=C\C/C=C\CCCCC. The van der Waals surface area contributed by atoms with Gasteiger partial charge in [0, 0.05) is 12.8 Å². The zero-order valence-electron chi connectivity index (χ0n) is 33.9. The van der Waals surface area contributed by atoms with Gasteiger partial charge in [-0.15, -0.1) is 0 Å². The molecule has 0 aromatic carbocycles. The third-order valence-corrected chi connectivity index (χ3v) is 8.64. The first-order valence-corrected chi connectivity index (χ1v) is 22.2. The van der Waals surface area contributed by atoms with Crippen molar-refractivity contribution in [3.8, 4) is 0 Å². The number of carbonyl (C=O) groups excluding carboxylic acids is 2. The van der Waals surface area contributed by atoms with E-state index in [9.17, 15) is 19.3 Å². The van der Waals surface area contributed by atoms with E-state index in [1.807, 2.05) is 36.5 Å². The van der Waals surface area contributed by atoms with Gasteiger partial charge in [-0.2, -0.15) is 0 Å². The summed E-state index contributed by atoms with van der Waals surface area (Å²) in [6.45, 7) is 3.46. The molecule has 10 heteroatoms. The standard InChI is InChI=1S/C45H73O9P/c1-3-5-7-9-11-12-13-14-15-16-17-18-19-20-21-22-26-31-35-39-45(48)54-43(41-53-55(49,50)51)40-52-44(47)38-34-30-27-23-25-29-33-37-42(46)36-32-28-24-10-8-6-4-2/h11-12,14-15,17-18,20-21,23-24,27-29,32-33,36,42-43,46H,3-10,13,16,19,22,25-26,30-31,34-35,37-41H2,1-2H3,(H2,49,50,51)/b12-11-,15-14-,18-17-,21-20-,27-23+,28-24-,33-29-,36-32-/t42-,43-/m1/s1. The van der Waals surface area contributed by atoms with E-state index in [1.165, 1.54) is 44.9 Å². The molecule has 0 rings (SSSR count). The van der Waals surface area contributed by atoms with Crippen molar-refractivity contribution < 1.29 is 43.0 Å². The number of phosphoric ester groups is 1. The largest absolute Gasteiger partial charge is 0.469 e. The van der Waals surface area contributed by atoms with Crippen LogP contribution < -0.4 is 0 Å². The molecule has 0 aliphatic rings. The molecule has 0 fully saturated rings. The van der Waals surface area contributed by atoms with Gasteiger partial charge in [0.05, 0.1) is 12.7 Å². The lowest BCUT2D eigenvalue weighted by molar-refractivity contribution is -0.161. The fourth-order valence-corrected chi connectivity index (χ4v) is 5.38. The maximum atomic E-state index is 12.4. The molecule has 0 spiro atoms. The Morgan fingerprint density at radius 2 is 1.05 bits per heavy atom. The van der Waals surface area contributed by atoms with E-state index in [2.05, 4.69) is 73.1 Å². The summed E-state index contributed by atoms with van der Waals surface area (Å²) in [4.78, 5) is 42.8. The highest BCUT2D eigenvalue weighted by Gasteiger charge is 2.22. The molecule has 55 heavy (non-hydrogen) atoms. The van der Waals surface area contributed by atoms with Crippen LogP contribution in [0.1, 0.15) is 149 Å². The molecule has 9 nitrogen and oxygen atoms in total. The van der Waals surface area contributed by atoms with Crippen molar-refractivity contribution >= 4 is 19.8 Å². The number of allylic oxidation sites excluding steroid dienone is 14. The van der Waals surface area contributed by atoms with Crippen molar-refractivity contribution in [1.82, 2.24) is 0 Å². The van der Waals surface area contributed by atoms with Crippen molar-refractivity contribution in [2.75, 3.05) is 13.2 Å². The first kappa shape index (κ1) is 51.9. The molecule has 0 aromatic rings. The molecule has 0 aliphatic carbocycles. The van der Waals surface area contributed by atoms with Gasteiger partial charge in [0.15, 0.2) is 6.10 Å². The molecule has 0 saturated heterocycles. The van der Waals surface area contributed by atoms with Crippen molar-refractivity contribution in [2.24, 2.45) is 0 Å². The fourth-order valence-electron chi connectivity index (χ4n) is 5.02. The van der Waals surface area contributed by atoms with E-state index in [0.29, 0.717) is 25.7 Å². The van der Waals surface area contributed by atoms with Gasteiger partial charge in [-0.1, -0.05) is 143 Å². The number of esters is 2. The molecule has 0 amide bonds. The number of hydrogen-bond acceptors (Lipinski definition) is 7. The Balaban J connectivity index is 4.18. The van der Waals surface area contributed by atoms with Crippen LogP contribution in [0.5, 0.6) is 0 Å². The molecule has 0 heterocycles. The zero-order valence-corrected chi connectivity index (χ0v) is 34.8. The van der Waals surface area contributed by atoms with Crippen LogP contribution in [0.25, 0.3) is 0 Å². The Morgan fingerprint density at radius 3 is 1.62 bits per heavy atom. The average Bonchev–Trinajstić information content (AvgIpc) is 3.15. The van der Waals surface area contributed by atoms with Crippen LogP contribution >= 0.6 is 7.82 Å². The van der Waals surface area contributed by atoms with Gasteiger partial charge >= 0.3 is 19.8 Å². The minimum Gasteiger partial charge on any atom is -0.462 e. The maximum Gasteiger partial charge on any atom is 0.469 e. The summed E-state index contributed by atoms with van der Waals surface area (Å²) in [5, 5.41) is 10.0. The van der Waals surface area contributed by atoms with Crippen LogP contribution in [0.2, 0.25) is 0 Å². The van der Waals surface area contributed by atoms with Gasteiger partial charge in [0.2, 0.25) is 0 Å². The lowest BCUT2D eigenvalue weighted by atomic mass is 10.1. The number of aliphatic hydroxyl groups excluding tert-OH is 1. The molecular weight excluding hydrogens is 715 g/mol. The lowest BCUT2D eigenvalue weighted by Gasteiger charge is -2.18. The van der Waals surface area contributed by atoms with Crippen molar-refractivity contribution in [1.29, 1.82) is 0 Å². The number of aliphatic hydroxyl groups is 1. The fraction of sp³-hybridized carbons (Fsp3) is 0.600. The number of phosphoric acid groups is 1. The molecule has 0 aliphatic heterocycles. The summed E-state index contributed by atoms with van der Waals surface area (Å²) in [6.07, 6.45) is 50.1. The van der Waals surface area contributed by atoms with E-state index in [0.717, 1.165) is 51.4 Å². The second kappa shape index (κ2) is 39.2. The monoisotopic (exact) mass is 788 g/mol. The van der Waals surface area contributed by atoms with Crippen molar-refractivity contribution in [3.05, 3.63) is 97.2 Å². The van der Waals surface area contributed by atoms with Crippen LogP contribution in [0.15, 0.2) is 97.2 Å². The Hall–Kier alpha value is -3.07. The van der Waals surface area contributed by atoms with Crippen LogP contribution in [0.4, 0.5) is 0 Å². The second-order valence-electron chi connectivity index (χ2n) is 13.5. The molecule has 312 valence electrons. The molecular formula is C45H73O9P. The third-order valence-electron chi connectivity index (χ3n) is 8.16. The lowest BCUT2D eigenvalue weighted by Crippen LogP contribution is -2.29. The second-order valence-corrected chi connectivity index (χ2v) is 14.7. The van der Waals surface area contributed by atoms with Gasteiger partial charge in [0.1, 0.15) is 6.61 Å². The van der Waals surface area contributed by atoms with E-state index in [1.54, 1.807) is 6.08 Å². The van der Waals surface area contributed by atoms with Gasteiger partial charge < -0.3 is 24.4 Å². The number of carbonyl (C=O) groups is 2. The molecule has 0 aromatic heterocycles. The average molecular weight is 789 g/mol. The van der Waals surface area contributed by atoms with Crippen molar-refractivity contribution in [2.45, 2.75) is 161 Å². The Labute approximate surface area is 333 Å². The van der Waals surface area contributed by atoms with Crippen LogP contribution in [-0.2, 0) is 28.2 Å². The molecule has 0 saturated carbocycles. The Kier molecular flexibility index (Phi) is 37.0. The highest BCUT2D eigenvalue weighted by atomic mass is 31.2. The highest BCUT2D eigenvalue weighted by Crippen LogP contribution is 2.36. The van der Waals surface area contributed by atoms with Gasteiger partial charge in [-0.25, -0.2) is 4.57 Å². The number of unbranched alkanes of at least 4 members (excludes halogenated alkanes) is 10. The van der Waals surface area contributed by atoms with E-state index >= 15 is 0 Å². The van der Waals surface area contributed by atoms with Gasteiger partial charge in [0.25, 0.3) is 0 Å². The molecule has 0 bridgehead atoms. The quantitative estimate of drug-likeness (QED) is 0.0186. The normalized spacial score (nSPS) is 14.1. The van der Waals surface area contributed by atoms with E-state index in [-0.39, 0.29) is 19.4 Å². The van der Waals surface area contributed by atoms with Crippen LogP contribution in [-0.4, -0.2) is 52.3 Å². The summed E-state index contributed by atoms with van der Waals surface area (Å²) in [6, 6.07) is 0. The summed E-state index contributed by atoms with van der Waals surface area (Å²) in [5.41, 5.74) is 0. The van der Waals surface area contributed by atoms with E-state index < -0.39 is 38.6 Å². The third kappa shape index (κ3) is 41.9. The minimum absolute atomic E-state index is 0.144. The number of ether oxygens (including phenoxy) is 2.